The van der Waals surface area contributed by atoms with Gasteiger partial charge in [0.25, 0.3) is 11.8 Å². The minimum Gasteiger partial charge on any atom is -0.508 e. The molecule has 2 heterocycles. The van der Waals surface area contributed by atoms with Crippen molar-refractivity contribution in [3.63, 3.8) is 0 Å². The van der Waals surface area contributed by atoms with Crippen molar-refractivity contribution in [1.82, 2.24) is 5.01 Å². The molecule has 1 saturated carbocycles. The Kier molecular flexibility index (Phi) is 9.49. The Morgan fingerprint density at radius 3 is 2.19 bits per heavy atom. The summed E-state index contributed by atoms with van der Waals surface area (Å²) in [7, 11) is 1.54. The Morgan fingerprint density at radius 2 is 1.50 bits per heavy atom. The number of allylic oxidation sites excluding steroid dienone is 2. The zero-order valence-electron chi connectivity index (χ0n) is 31.2. The number of ether oxygens (including phenoxy) is 2. The van der Waals surface area contributed by atoms with E-state index >= 15 is 9.59 Å². The van der Waals surface area contributed by atoms with Crippen LogP contribution in [-0.2, 0) is 31.2 Å². The van der Waals surface area contributed by atoms with Gasteiger partial charge in [0.1, 0.15) is 23.9 Å². The number of hydrogen-bond donors (Lipinski definition) is 2. The number of amides is 4. The number of carbonyl (C=O) groups excluding carboxylic acids is 4. The van der Waals surface area contributed by atoms with Crippen LogP contribution in [0.5, 0.6) is 17.2 Å². The fourth-order valence-corrected chi connectivity index (χ4v) is 10.1. The van der Waals surface area contributed by atoms with E-state index in [4.69, 9.17) is 32.7 Å². The number of halogens is 2. The van der Waals surface area contributed by atoms with Crippen LogP contribution >= 0.6 is 23.2 Å². The second-order valence-corrected chi connectivity index (χ2v) is 15.9. The first-order chi connectivity index (χ1) is 28.1. The Morgan fingerprint density at radius 1 is 0.793 bits per heavy atom. The molecule has 0 spiro atoms. The second kappa shape index (κ2) is 14.7. The van der Waals surface area contributed by atoms with E-state index in [0.29, 0.717) is 38.9 Å². The minimum absolute atomic E-state index is 0.0767. The van der Waals surface area contributed by atoms with Crippen molar-refractivity contribution in [2.75, 3.05) is 17.4 Å². The second-order valence-electron chi connectivity index (χ2n) is 15.1. The van der Waals surface area contributed by atoms with Crippen LogP contribution in [0.4, 0.5) is 11.4 Å². The number of fused-ring (bicyclic) bond motifs is 4. The SMILES string of the molecule is COc1ccc([C@@]23C(=O)N(Nc4ccc(Cl)cc4Cl)C(=O)[C@@H]2C[C@@H]2C(=CC[C@@H]4C(=O)N(c5ccccc5)C(=O)[C@@H]42)[C@@H]3c2ccc(OCc3ccccc3)cc2O)cc1. The molecule has 4 aliphatic rings. The highest BCUT2D eigenvalue weighted by Crippen LogP contribution is 2.65. The normalized spacial score (nSPS) is 24.9. The molecule has 2 N–H and O–H groups in total. The van der Waals surface area contributed by atoms with E-state index in [0.717, 1.165) is 10.6 Å². The predicted molar refractivity (Wildman–Crippen MR) is 218 cm³/mol. The summed E-state index contributed by atoms with van der Waals surface area (Å²) in [5, 5.41) is 13.6. The van der Waals surface area contributed by atoms with E-state index in [1.165, 1.54) is 24.1 Å². The zero-order chi connectivity index (χ0) is 40.3. The third-order valence-corrected chi connectivity index (χ3v) is 12.7. The van der Waals surface area contributed by atoms with Gasteiger partial charge in [0.15, 0.2) is 0 Å². The highest BCUT2D eigenvalue weighted by molar-refractivity contribution is 6.36. The van der Waals surface area contributed by atoms with Gasteiger partial charge in [-0.3, -0.25) is 29.5 Å². The Balaban J connectivity index is 1.22. The first kappa shape index (κ1) is 37.5. The third kappa shape index (κ3) is 5.93. The average molecular weight is 815 g/mol. The molecule has 4 amide bonds. The Hall–Kier alpha value is -6.10. The molecule has 0 unspecified atom stereocenters. The number of aromatic hydroxyl groups is 1. The fraction of sp³-hybridized carbons (Fsp3) is 0.217. The third-order valence-electron chi connectivity index (χ3n) is 12.2. The van der Waals surface area contributed by atoms with Crippen molar-refractivity contribution in [1.29, 1.82) is 0 Å². The summed E-state index contributed by atoms with van der Waals surface area (Å²) in [6.07, 6.45) is 2.25. The quantitative estimate of drug-likeness (QED) is 0.112. The molecule has 58 heavy (non-hydrogen) atoms. The fourth-order valence-electron chi connectivity index (χ4n) is 9.62. The Bertz CT molecular complexity index is 2500. The maximum Gasteiger partial charge on any atom is 0.260 e. The van der Waals surface area contributed by atoms with Gasteiger partial charge in [-0.1, -0.05) is 102 Å². The molecule has 2 aliphatic heterocycles. The van der Waals surface area contributed by atoms with Crippen molar-refractivity contribution in [3.05, 3.63) is 160 Å². The lowest BCUT2D eigenvalue weighted by atomic mass is 9.49. The van der Waals surface area contributed by atoms with E-state index in [-0.39, 0.29) is 47.7 Å². The summed E-state index contributed by atoms with van der Waals surface area (Å²) in [4.78, 5) is 60.5. The van der Waals surface area contributed by atoms with Gasteiger partial charge in [-0.05, 0) is 78.4 Å². The lowest BCUT2D eigenvalue weighted by Gasteiger charge is -2.50. The standard InChI is InChI=1S/C46H37Cl2N3O7/c1-57-30-15-12-27(13-16-30)46-36(43(54)51(45(46)56)49-38-21-14-28(47)22-37(38)48)24-35-32(19-20-34-40(35)44(55)50(42(34)53)29-10-6-3-7-11-29)41(46)33-18-17-31(23-39(33)52)58-25-26-8-4-2-5-9-26/h2-19,21-23,34-36,40-41,49,52H,20,24-25H2,1H3/t34-,35+,36-,40-,41+,46+/m0/s1. The summed E-state index contributed by atoms with van der Waals surface area (Å²) < 4.78 is 11.6. The summed E-state index contributed by atoms with van der Waals surface area (Å²) in [5.74, 6) is -5.14. The number of nitrogens with one attached hydrogen (secondary N) is 1. The van der Waals surface area contributed by atoms with Crippen LogP contribution in [0.3, 0.4) is 0 Å². The first-order valence-corrected chi connectivity index (χ1v) is 19.7. The van der Waals surface area contributed by atoms with Gasteiger partial charge in [0.05, 0.1) is 46.7 Å². The van der Waals surface area contributed by atoms with E-state index in [1.54, 1.807) is 72.8 Å². The highest BCUT2D eigenvalue weighted by atomic mass is 35.5. The van der Waals surface area contributed by atoms with Crippen LogP contribution in [0.15, 0.2) is 133 Å². The monoisotopic (exact) mass is 813 g/mol. The molecule has 2 saturated heterocycles. The molecular formula is C46H37Cl2N3O7. The number of hydrogen-bond acceptors (Lipinski definition) is 8. The summed E-state index contributed by atoms with van der Waals surface area (Å²) in [6, 6.07) is 35.1. The van der Waals surface area contributed by atoms with Crippen LogP contribution in [0.1, 0.15) is 35.4 Å². The van der Waals surface area contributed by atoms with Crippen molar-refractivity contribution in [3.8, 4) is 17.2 Å². The smallest absolute Gasteiger partial charge is 0.260 e. The molecule has 0 bridgehead atoms. The van der Waals surface area contributed by atoms with Crippen molar-refractivity contribution >= 4 is 58.2 Å². The predicted octanol–water partition coefficient (Wildman–Crippen LogP) is 8.48. The van der Waals surface area contributed by atoms with E-state index in [9.17, 15) is 14.7 Å². The van der Waals surface area contributed by atoms with Gasteiger partial charge in [0, 0.05) is 22.6 Å². The molecule has 5 aromatic carbocycles. The number of phenols is 1. The zero-order valence-corrected chi connectivity index (χ0v) is 32.7. The Labute approximate surface area is 344 Å². The van der Waals surface area contributed by atoms with E-state index < -0.39 is 46.8 Å². The molecule has 12 heteroatoms. The molecule has 5 aromatic rings. The highest BCUT2D eigenvalue weighted by Gasteiger charge is 2.70. The van der Waals surface area contributed by atoms with Crippen LogP contribution < -0.4 is 19.8 Å². The van der Waals surface area contributed by atoms with Gasteiger partial charge in [-0.2, -0.15) is 5.01 Å². The lowest BCUT2D eigenvalue weighted by Crippen LogP contribution is -2.53. The maximum absolute atomic E-state index is 15.6. The first-order valence-electron chi connectivity index (χ1n) is 19.0. The van der Waals surface area contributed by atoms with E-state index in [1.807, 2.05) is 42.5 Å². The largest absolute Gasteiger partial charge is 0.508 e. The number of anilines is 2. The number of imide groups is 2. The molecule has 2 aliphatic carbocycles. The van der Waals surface area contributed by atoms with Gasteiger partial charge >= 0.3 is 0 Å². The van der Waals surface area contributed by atoms with Gasteiger partial charge in [0.2, 0.25) is 11.8 Å². The van der Waals surface area contributed by atoms with Gasteiger partial charge in [-0.15, -0.1) is 0 Å². The molecule has 292 valence electrons. The van der Waals surface area contributed by atoms with Crippen molar-refractivity contribution < 1.29 is 33.8 Å². The molecule has 0 aromatic heterocycles. The molecule has 9 rings (SSSR count). The number of phenolic OH excluding ortho intramolecular Hbond substituents is 1. The molecular weight excluding hydrogens is 777 g/mol. The number of hydrazine groups is 1. The molecule has 6 atom stereocenters. The summed E-state index contributed by atoms with van der Waals surface area (Å²) in [6.45, 7) is 0.256. The molecule has 3 fully saturated rings. The lowest BCUT2D eigenvalue weighted by molar-refractivity contribution is -0.138. The van der Waals surface area contributed by atoms with Crippen molar-refractivity contribution in [2.24, 2.45) is 23.7 Å². The summed E-state index contributed by atoms with van der Waals surface area (Å²) >= 11 is 12.8. The van der Waals surface area contributed by atoms with Gasteiger partial charge < -0.3 is 14.6 Å². The molecule has 10 nitrogen and oxygen atoms in total. The van der Waals surface area contributed by atoms with Crippen LogP contribution in [0, 0.1) is 23.7 Å². The van der Waals surface area contributed by atoms with Crippen LogP contribution in [-0.4, -0.2) is 40.9 Å². The van der Waals surface area contributed by atoms with Crippen LogP contribution in [0.2, 0.25) is 10.0 Å². The minimum atomic E-state index is -1.64. The van der Waals surface area contributed by atoms with Gasteiger partial charge in [-0.25, -0.2) is 0 Å². The van der Waals surface area contributed by atoms with E-state index in [2.05, 4.69) is 5.43 Å². The number of nitrogens with zero attached hydrogens (tertiary/aromatic N) is 2. The number of rotatable bonds is 9. The topological polar surface area (TPSA) is 125 Å². The summed E-state index contributed by atoms with van der Waals surface area (Å²) in [5.41, 5.74) is 4.63. The number of benzene rings is 5. The number of methoxy groups -OCH3 is 1. The van der Waals surface area contributed by atoms with Crippen LogP contribution in [0.25, 0.3) is 0 Å². The molecule has 0 radical (unpaired) electrons. The van der Waals surface area contributed by atoms with Crippen molar-refractivity contribution in [2.45, 2.75) is 30.8 Å². The number of carbonyl (C=O) groups is 4. The maximum atomic E-state index is 15.6. The number of para-hydroxylation sites is 1. The average Bonchev–Trinajstić information content (AvgIpc) is 3.62.